The first-order valence-electron chi connectivity index (χ1n) is 10.0. The van der Waals surface area contributed by atoms with Gasteiger partial charge in [-0.3, -0.25) is 9.36 Å². The highest BCUT2D eigenvalue weighted by Crippen LogP contribution is 2.36. The first kappa shape index (κ1) is 20.5. The number of nitrogens with two attached hydrogens (primary N) is 1. The summed E-state index contributed by atoms with van der Waals surface area (Å²) in [6.45, 7) is 4.59. The lowest BCUT2D eigenvalue weighted by atomic mass is 10.2. The van der Waals surface area contributed by atoms with Crippen molar-refractivity contribution in [1.82, 2.24) is 19.9 Å². The number of aromatic nitrogens is 3. The topological polar surface area (TPSA) is 104 Å². The summed E-state index contributed by atoms with van der Waals surface area (Å²) in [6, 6.07) is 12.9. The molecule has 0 bridgehead atoms. The van der Waals surface area contributed by atoms with Crippen LogP contribution < -0.4 is 20.5 Å². The number of methoxy groups -OCH3 is 2. The van der Waals surface area contributed by atoms with E-state index in [1.807, 2.05) is 44.2 Å². The van der Waals surface area contributed by atoms with E-state index in [0.717, 1.165) is 0 Å². The second-order valence-electron chi connectivity index (χ2n) is 7.62. The number of benzene rings is 2. The van der Waals surface area contributed by atoms with E-state index in [1.54, 1.807) is 30.9 Å². The Morgan fingerprint density at radius 3 is 2.45 bits per heavy atom. The Labute approximate surface area is 180 Å². The second-order valence-corrected chi connectivity index (χ2v) is 7.62. The zero-order valence-corrected chi connectivity index (χ0v) is 18.0. The van der Waals surface area contributed by atoms with Gasteiger partial charge in [0.1, 0.15) is 28.4 Å². The maximum absolute atomic E-state index is 13.1. The highest BCUT2D eigenvalue weighted by molar-refractivity contribution is 6.11. The van der Waals surface area contributed by atoms with Gasteiger partial charge in [0.15, 0.2) is 5.65 Å². The van der Waals surface area contributed by atoms with Gasteiger partial charge in [0.05, 0.1) is 30.9 Å². The van der Waals surface area contributed by atoms with Crippen LogP contribution in [0.25, 0.3) is 27.9 Å². The van der Waals surface area contributed by atoms with Crippen LogP contribution in [0.5, 0.6) is 11.5 Å². The van der Waals surface area contributed by atoms with Gasteiger partial charge in [-0.15, -0.1) is 0 Å². The van der Waals surface area contributed by atoms with Crippen molar-refractivity contribution in [3.05, 3.63) is 48.0 Å². The molecule has 0 saturated heterocycles. The fourth-order valence-corrected chi connectivity index (χ4v) is 3.48. The van der Waals surface area contributed by atoms with E-state index in [0.29, 0.717) is 57.4 Å². The number of fused-ring (bicyclic) bond motifs is 2. The third-order valence-corrected chi connectivity index (χ3v) is 5.02. The van der Waals surface area contributed by atoms with E-state index in [4.69, 9.17) is 25.2 Å². The van der Waals surface area contributed by atoms with Crippen LogP contribution in [0.1, 0.15) is 24.2 Å². The van der Waals surface area contributed by atoms with Crippen LogP contribution in [-0.2, 0) is 0 Å². The molecule has 160 valence electrons. The Kier molecular flexibility index (Phi) is 5.37. The Bertz CT molecular complexity index is 1280. The normalized spacial score (nSPS) is 11.3. The van der Waals surface area contributed by atoms with Crippen LogP contribution in [0, 0.1) is 5.92 Å². The molecular formula is C23H25N5O3. The molecule has 0 unspecified atom stereocenters. The van der Waals surface area contributed by atoms with Gasteiger partial charge >= 0.3 is 0 Å². The lowest BCUT2D eigenvalue weighted by Gasteiger charge is -2.14. The summed E-state index contributed by atoms with van der Waals surface area (Å²) < 4.78 is 12.6. The Hall–Kier alpha value is -3.81. The molecule has 31 heavy (non-hydrogen) atoms. The average Bonchev–Trinajstić information content (AvgIpc) is 3.05. The zero-order valence-electron chi connectivity index (χ0n) is 18.0. The molecule has 4 rings (SSSR count). The quantitative estimate of drug-likeness (QED) is 0.495. The largest absolute Gasteiger partial charge is 0.497 e. The summed E-state index contributed by atoms with van der Waals surface area (Å²) >= 11 is 0. The fraction of sp³-hybridized carbons (Fsp3) is 0.261. The molecule has 0 radical (unpaired) electrons. The number of anilines is 1. The summed E-state index contributed by atoms with van der Waals surface area (Å²) in [4.78, 5) is 22.6. The SMILES string of the molecule is COc1ccc(-n2c(N)c(C(=O)NCC(C)C)c3nc4ccccc4nc32)c(OC)c1. The van der Waals surface area contributed by atoms with Crippen molar-refractivity contribution < 1.29 is 14.3 Å². The Balaban J connectivity index is 2.02. The second kappa shape index (κ2) is 8.14. The van der Waals surface area contributed by atoms with Crippen molar-refractivity contribution in [2.75, 3.05) is 26.5 Å². The van der Waals surface area contributed by atoms with Crippen molar-refractivity contribution >= 4 is 33.9 Å². The molecule has 0 fully saturated rings. The van der Waals surface area contributed by atoms with Crippen LogP contribution in [-0.4, -0.2) is 41.2 Å². The summed E-state index contributed by atoms with van der Waals surface area (Å²) in [6.07, 6.45) is 0. The number of hydrogen-bond donors (Lipinski definition) is 2. The number of nitrogens with one attached hydrogen (secondary N) is 1. The maximum atomic E-state index is 13.1. The molecule has 4 aromatic rings. The monoisotopic (exact) mass is 419 g/mol. The van der Waals surface area contributed by atoms with Gasteiger partial charge in [0.25, 0.3) is 5.91 Å². The molecule has 2 heterocycles. The van der Waals surface area contributed by atoms with Crippen LogP contribution in [0.3, 0.4) is 0 Å². The molecular weight excluding hydrogens is 394 g/mol. The van der Waals surface area contributed by atoms with Crippen molar-refractivity contribution in [3.8, 4) is 17.2 Å². The Morgan fingerprint density at radius 2 is 1.81 bits per heavy atom. The average molecular weight is 419 g/mol. The third-order valence-electron chi connectivity index (χ3n) is 5.02. The minimum atomic E-state index is -0.285. The summed E-state index contributed by atoms with van der Waals surface area (Å²) in [7, 11) is 3.15. The smallest absolute Gasteiger partial charge is 0.257 e. The molecule has 1 amide bonds. The number of hydrogen-bond acceptors (Lipinski definition) is 6. The Morgan fingerprint density at radius 1 is 1.10 bits per heavy atom. The first-order valence-corrected chi connectivity index (χ1v) is 10.0. The fourth-order valence-electron chi connectivity index (χ4n) is 3.48. The molecule has 0 saturated carbocycles. The van der Waals surface area contributed by atoms with Crippen LogP contribution in [0.15, 0.2) is 42.5 Å². The highest BCUT2D eigenvalue weighted by Gasteiger charge is 2.26. The number of carbonyl (C=O) groups is 1. The molecule has 0 aliphatic carbocycles. The van der Waals surface area contributed by atoms with Gasteiger partial charge < -0.3 is 20.5 Å². The van der Waals surface area contributed by atoms with E-state index < -0.39 is 0 Å². The number of rotatable bonds is 6. The molecule has 2 aromatic heterocycles. The predicted molar refractivity (Wildman–Crippen MR) is 121 cm³/mol. The number of carbonyl (C=O) groups excluding carboxylic acids is 1. The molecule has 8 heteroatoms. The summed E-state index contributed by atoms with van der Waals surface area (Å²) in [5.74, 6) is 1.43. The van der Waals surface area contributed by atoms with E-state index >= 15 is 0 Å². The van der Waals surface area contributed by atoms with Gasteiger partial charge in [0, 0.05) is 12.6 Å². The molecule has 0 aliphatic heterocycles. The standard InChI is InChI=1S/C23H25N5O3/c1-13(2)12-25-23(29)19-20-22(27-16-8-6-5-7-15(16)26-20)28(21(19)24)17-10-9-14(30-3)11-18(17)31-4/h5-11,13H,12,24H2,1-4H3,(H,25,29). The highest BCUT2D eigenvalue weighted by atomic mass is 16.5. The summed E-state index contributed by atoms with van der Waals surface area (Å²) in [5.41, 5.74) is 9.79. The van der Waals surface area contributed by atoms with Crippen LogP contribution in [0.4, 0.5) is 5.82 Å². The lowest BCUT2D eigenvalue weighted by Crippen LogP contribution is -2.28. The minimum absolute atomic E-state index is 0.245. The van der Waals surface area contributed by atoms with Gasteiger partial charge in [0.2, 0.25) is 0 Å². The minimum Gasteiger partial charge on any atom is -0.497 e. The van der Waals surface area contributed by atoms with Gasteiger partial charge in [-0.05, 0) is 30.2 Å². The van der Waals surface area contributed by atoms with Crippen LogP contribution in [0.2, 0.25) is 0 Å². The zero-order chi connectivity index (χ0) is 22.1. The maximum Gasteiger partial charge on any atom is 0.257 e. The number of amides is 1. The molecule has 2 aromatic carbocycles. The molecule has 0 aliphatic rings. The van der Waals surface area contributed by atoms with E-state index in [-0.39, 0.29) is 11.7 Å². The molecule has 0 atom stereocenters. The van der Waals surface area contributed by atoms with Gasteiger partial charge in [-0.1, -0.05) is 26.0 Å². The van der Waals surface area contributed by atoms with Crippen molar-refractivity contribution in [3.63, 3.8) is 0 Å². The van der Waals surface area contributed by atoms with E-state index in [1.165, 1.54) is 0 Å². The third kappa shape index (κ3) is 3.61. The summed E-state index contributed by atoms with van der Waals surface area (Å²) in [5, 5.41) is 2.94. The molecule has 8 nitrogen and oxygen atoms in total. The molecule has 3 N–H and O–H groups in total. The van der Waals surface area contributed by atoms with Crippen molar-refractivity contribution in [2.24, 2.45) is 5.92 Å². The predicted octanol–water partition coefficient (Wildman–Crippen LogP) is 3.56. The van der Waals surface area contributed by atoms with E-state index in [9.17, 15) is 4.79 Å². The number of ether oxygens (including phenoxy) is 2. The van der Waals surface area contributed by atoms with Crippen molar-refractivity contribution in [1.29, 1.82) is 0 Å². The lowest BCUT2D eigenvalue weighted by molar-refractivity contribution is 0.0951. The number of para-hydroxylation sites is 2. The van der Waals surface area contributed by atoms with Crippen molar-refractivity contribution in [2.45, 2.75) is 13.8 Å². The first-order chi connectivity index (χ1) is 14.9. The van der Waals surface area contributed by atoms with Crippen LogP contribution >= 0.6 is 0 Å². The number of nitrogens with zero attached hydrogens (tertiary/aromatic N) is 3. The molecule has 0 spiro atoms. The van der Waals surface area contributed by atoms with E-state index in [2.05, 4.69) is 5.32 Å². The number of nitrogen functional groups attached to an aromatic ring is 1. The van der Waals surface area contributed by atoms with Gasteiger partial charge in [-0.25, -0.2) is 9.97 Å². The van der Waals surface area contributed by atoms with Gasteiger partial charge in [-0.2, -0.15) is 0 Å².